The second-order valence-corrected chi connectivity index (χ2v) is 1.67. The molecular formula is C3H5N3S. The minimum absolute atomic E-state index is 0.778. The van der Waals surface area contributed by atoms with Crippen LogP contribution < -0.4 is 0 Å². The van der Waals surface area contributed by atoms with Gasteiger partial charge in [-0.2, -0.15) is 0 Å². The van der Waals surface area contributed by atoms with Crippen LogP contribution in [0.2, 0.25) is 0 Å². The third-order valence-corrected chi connectivity index (χ3v) is 1.10. The summed E-state index contributed by atoms with van der Waals surface area (Å²) in [7, 11) is 1.79. The maximum atomic E-state index is 3.99. The van der Waals surface area contributed by atoms with Crippen molar-refractivity contribution in [1.82, 2.24) is 15.0 Å². The number of rotatable bonds is 0. The summed E-state index contributed by atoms with van der Waals surface area (Å²) >= 11 is 3.99. The molecule has 0 aromatic carbocycles. The molecule has 0 saturated heterocycles. The van der Waals surface area contributed by atoms with Crippen molar-refractivity contribution in [3.8, 4) is 0 Å². The van der Waals surface area contributed by atoms with E-state index in [1.54, 1.807) is 17.9 Å². The van der Waals surface area contributed by atoms with Crippen LogP contribution in [0.3, 0.4) is 0 Å². The first-order chi connectivity index (χ1) is 3.30. The van der Waals surface area contributed by atoms with Gasteiger partial charge in [0.2, 0.25) is 0 Å². The average Bonchev–Trinajstić information content (AvgIpc) is 1.91. The summed E-state index contributed by atoms with van der Waals surface area (Å²) in [5.74, 6) is 0. The third-order valence-electron chi connectivity index (χ3n) is 0.691. The molecule has 1 heterocycles. The molecule has 0 aliphatic rings. The lowest BCUT2D eigenvalue weighted by atomic mass is 10.9. The fraction of sp³-hybridized carbons (Fsp3) is 0.333. The highest BCUT2D eigenvalue weighted by molar-refractivity contribution is 7.80. The summed E-state index contributed by atoms with van der Waals surface area (Å²) in [6, 6.07) is 0. The molecule has 1 aromatic heterocycles. The largest absolute Gasteiger partial charge is 0.242 e. The Kier molecular flexibility index (Phi) is 1.02. The number of hydrogen-bond acceptors (Lipinski definition) is 3. The molecular weight excluding hydrogens is 110 g/mol. The number of hydrogen-bond donors (Lipinski definition) is 1. The van der Waals surface area contributed by atoms with Crippen molar-refractivity contribution in [1.29, 1.82) is 0 Å². The van der Waals surface area contributed by atoms with Crippen LogP contribution in [0.4, 0.5) is 0 Å². The molecule has 0 N–H and O–H groups in total. The minimum Gasteiger partial charge on any atom is -0.242 e. The Bertz CT molecular complexity index is 142. The quantitative estimate of drug-likeness (QED) is 0.486. The van der Waals surface area contributed by atoms with Crippen LogP contribution in [0.15, 0.2) is 11.2 Å². The lowest BCUT2D eigenvalue weighted by Crippen LogP contribution is -1.89. The lowest BCUT2D eigenvalue weighted by molar-refractivity contribution is 0.667. The maximum absolute atomic E-state index is 3.99. The highest BCUT2D eigenvalue weighted by Crippen LogP contribution is 1.95. The van der Waals surface area contributed by atoms with Crippen LogP contribution in [0.5, 0.6) is 0 Å². The van der Waals surface area contributed by atoms with Crippen molar-refractivity contribution in [3.63, 3.8) is 0 Å². The molecule has 0 aliphatic carbocycles. The van der Waals surface area contributed by atoms with Gasteiger partial charge in [0, 0.05) is 7.05 Å². The summed E-state index contributed by atoms with van der Waals surface area (Å²) in [6.45, 7) is 0. The van der Waals surface area contributed by atoms with Crippen molar-refractivity contribution in [2.75, 3.05) is 0 Å². The molecule has 1 rings (SSSR count). The van der Waals surface area contributed by atoms with E-state index in [4.69, 9.17) is 0 Å². The van der Waals surface area contributed by atoms with Gasteiger partial charge >= 0.3 is 0 Å². The molecule has 0 bridgehead atoms. The van der Waals surface area contributed by atoms with E-state index in [1.807, 2.05) is 0 Å². The SMILES string of the molecule is Cn1nncc1S. The maximum Gasteiger partial charge on any atom is 0.111 e. The van der Waals surface area contributed by atoms with E-state index in [9.17, 15) is 0 Å². The molecule has 1 aromatic rings. The Morgan fingerprint density at radius 3 is 2.71 bits per heavy atom. The fourth-order valence-corrected chi connectivity index (χ4v) is 0.376. The van der Waals surface area contributed by atoms with E-state index >= 15 is 0 Å². The first-order valence-corrected chi connectivity index (χ1v) is 2.29. The van der Waals surface area contributed by atoms with Crippen LogP contribution in [0.25, 0.3) is 0 Å². The van der Waals surface area contributed by atoms with Gasteiger partial charge in [-0.25, -0.2) is 4.68 Å². The van der Waals surface area contributed by atoms with Crippen LogP contribution in [-0.2, 0) is 7.05 Å². The second-order valence-electron chi connectivity index (χ2n) is 1.22. The zero-order chi connectivity index (χ0) is 5.28. The van der Waals surface area contributed by atoms with Gasteiger partial charge in [-0.15, -0.1) is 17.7 Å². The molecule has 0 radical (unpaired) electrons. The molecule has 3 nitrogen and oxygen atoms in total. The predicted octanol–water partition coefficient (Wildman–Crippen LogP) is 0.104. The Labute approximate surface area is 46.7 Å². The van der Waals surface area contributed by atoms with Crippen LogP contribution in [-0.4, -0.2) is 15.0 Å². The Morgan fingerprint density at radius 2 is 2.57 bits per heavy atom. The molecule has 38 valence electrons. The van der Waals surface area contributed by atoms with E-state index in [2.05, 4.69) is 22.9 Å². The van der Waals surface area contributed by atoms with Crippen molar-refractivity contribution in [2.24, 2.45) is 7.05 Å². The molecule has 4 heteroatoms. The molecule has 0 aliphatic heterocycles. The first kappa shape index (κ1) is 4.64. The highest BCUT2D eigenvalue weighted by Gasteiger charge is 1.86. The van der Waals surface area contributed by atoms with E-state index in [1.165, 1.54) is 0 Å². The summed E-state index contributed by atoms with van der Waals surface area (Å²) in [5, 5.41) is 7.94. The monoisotopic (exact) mass is 115 g/mol. The zero-order valence-corrected chi connectivity index (χ0v) is 4.76. The normalized spacial score (nSPS) is 9.43. The summed E-state index contributed by atoms with van der Waals surface area (Å²) < 4.78 is 1.59. The molecule has 0 amide bonds. The van der Waals surface area contributed by atoms with E-state index < -0.39 is 0 Å². The van der Waals surface area contributed by atoms with Gasteiger partial charge in [0.1, 0.15) is 5.03 Å². The van der Waals surface area contributed by atoms with E-state index in [0.29, 0.717) is 0 Å². The van der Waals surface area contributed by atoms with Crippen molar-refractivity contribution in [2.45, 2.75) is 5.03 Å². The Balaban J connectivity index is 3.12. The highest BCUT2D eigenvalue weighted by atomic mass is 32.1. The topological polar surface area (TPSA) is 30.7 Å². The third kappa shape index (κ3) is 0.742. The van der Waals surface area contributed by atoms with Gasteiger partial charge < -0.3 is 0 Å². The van der Waals surface area contributed by atoms with Gasteiger partial charge in [0.15, 0.2) is 0 Å². The average molecular weight is 115 g/mol. The smallest absolute Gasteiger partial charge is 0.111 e. The second kappa shape index (κ2) is 1.54. The molecule has 0 spiro atoms. The molecule has 7 heavy (non-hydrogen) atoms. The molecule has 0 saturated carbocycles. The van der Waals surface area contributed by atoms with Crippen LogP contribution >= 0.6 is 12.6 Å². The van der Waals surface area contributed by atoms with E-state index in [-0.39, 0.29) is 0 Å². The van der Waals surface area contributed by atoms with E-state index in [0.717, 1.165) is 5.03 Å². The van der Waals surface area contributed by atoms with Crippen LogP contribution in [0.1, 0.15) is 0 Å². The van der Waals surface area contributed by atoms with Crippen molar-refractivity contribution >= 4 is 12.6 Å². The standard InChI is InChI=1S/C3H5N3S/c1-6-3(7)2-4-5-6/h2,7H,1H3. The lowest BCUT2D eigenvalue weighted by Gasteiger charge is -1.83. The van der Waals surface area contributed by atoms with Gasteiger partial charge in [-0.3, -0.25) is 0 Å². The number of aryl methyl sites for hydroxylation is 1. The Morgan fingerprint density at radius 1 is 1.86 bits per heavy atom. The number of aromatic nitrogens is 3. The van der Waals surface area contributed by atoms with Gasteiger partial charge in [0.25, 0.3) is 0 Å². The van der Waals surface area contributed by atoms with Crippen molar-refractivity contribution < 1.29 is 0 Å². The zero-order valence-electron chi connectivity index (χ0n) is 3.87. The predicted molar refractivity (Wildman–Crippen MR) is 28.3 cm³/mol. The molecule has 0 fully saturated rings. The van der Waals surface area contributed by atoms with Crippen LogP contribution in [0, 0.1) is 0 Å². The molecule has 0 atom stereocenters. The number of thiol groups is 1. The summed E-state index contributed by atoms with van der Waals surface area (Å²) in [6.07, 6.45) is 1.59. The van der Waals surface area contributed by atoms with Gasteiger partial charge in [-0.1, -0.05) is 5.21 Å². The van der Waals surface area contributed by atoms with Gasteiger partial charge in [-0.05, 0) is 0 Å². The summed E-state index contributed by atoms with van der Waals surface area (Å²) in [4.78, 5) is 0. The number of nitrogens with zero attached hydrogens (tertiary/aromatic N) is 3. The van der Waals surface area contributed by atoms with Crippen molar-refractivity contribution in [3.05, 3.63) is 6.20 Å². The fourth-order valence-electron chi connectivity index (χ4n) is 0.284. The minimum atomic E-state index is 0.778. The summed E-state index contributed by atoms with van der Waals surface area (Å²) in [5.41, 5.74) is 0. The Hall–Kier alpha value is -0.510. The molecule has 0 unspecified atom stereocenters. The first-order valence-electron chi connectivity index (χ1n) is 1.84. The van der Waals surface area contributed by atoms with Gasteiger partial charge in [0.05, 0.1) is 6.20 Å².